The molecule has 2 heterocycles. The molecule has 0 saturated heterocycles. The lowest BCUT2D eigenvalue weighted by Gasteiger charge is -2.00. The molecule has 7 nitrogen and oxygen atoms in total. The molecule has 86 valence electrons. The summed E-state index contributed by atoms with van der Waals surface area (Å²) in [5.74, 6) is -1.73. The van der Waals surface area contributed by atoms with Crippen LogP contribution in [-0.2, 0) is 0 Å². The van der Waals surface area contributed by atoms with Crippen LogP contribution in [0.2, 0.25) is 0 Å². The van der Waals surface area contributed by atoms with Crippen LogP contribution in [0.25, 0.3) is 5.69 Å². The number of pyridine rings is 1. The highest BCUT2D eigenvalue weighted by Crippen LogP contribution is 2.07. The summed E-state index contributed by atoms with van der Waals surface area (Å²) in [5.41, 5.74) is 5.68. The van der Waals surface area contributed by atoms with Crippen LogP contribution in [0.1, 0.15) is 21.0 Å². The van der Waals surface area contributed by atoms with Crippen molar-refractivity contribution in [2.24, 2.45) is 5.73 Å². The Bertz CT molecular complexity index is 573. The average molecular weight is 232 g/mol. The second-order valence-corrected chi connectivity index (χ2v) is 3.22. The topological polar surface area (TPSA) is 111 Å². The quantitative estimate of drug-likeness (QED) is 0.777. The molecule has 2 aromatic rings. The third-order valence-electron chi connectivity index (χ3n) is 2.07. The number of carboxylic acids is 1. The summed E-state index contributed by atoms with van der Waals surface area (Å²) in [6.45, 7) is 0. The van der Waals surface area contributed by atoms with Gasteiger partial charge in [0.05, 0.1) is 11.9 Å². The number of nitrogens with zero attached hydrogens (tertiary/aromatic N) is 3. The van der Waals surface area contributed by atoms with E-state index in [1.807, 2.05) is 0 Å². The number of hydrogen-bond donors (Lipinski definition) is 2. The van der Waals surface area contributed by atoms with Crippen LogP contribution in [-0.4, -0.2) is 31.7 Å². The molecular weight excluding hydrogens is 224 g/mol. The minimum absolute atomic E-state index is 0.0592. The standard InChI is InChI=1S/C10H8N4O3/c11-9(15)7-3-4-14(13-7)6-1-2-8(10(16)17)12-5-6/h1-5H,(H2,11,15)(H,16,17). The first kappa shape index (κ1) is 10.8. The second kappa shape index (κ2) is 4.05. The highest BCUT2D eigenvalue weighted by molar-refractivity contribution is 5.90. The van der Waals surface area contributed by atoms with E-state index >= 15 is 0 Å². The van der Waals surface area contributed by atoms with Crippen LogP contribution in [0.5, 0.6) is 0 Å². The molecular formula is C10H8N4O3. The molecule has 0 aliphatic heterocycles. The fraction of sp³-hybridized carbons (Fsp3) is 0. The summed E-state index contributed by atoms with van der Waals surface area (Å²) >= 11 is 0. The first-order chi connectivity index (χ1) is 8.08. The van der Waals surface area contributed by atoms with Crippen molar-refractivity contribution < 1.29 is 14.7 Å². The van der Waals surface area contributed by atoms with Gasteiger partial charge >= 0.3 is 5.97 Å². The first-order valence-electron chi connectivity index (χ1n) is 4.63. The van der Waals surface area contributed by atoms with E-state index in [0.29, 0.717) is 5.69 Å². The zero-order valence-corrected chi connectivity index (χ0v) is 8.57. The first-order valence-corrected chi connectivity index (χ1v) is 4.63. The molecule has 0 radical (unpaired) electrons. The number of amides is 1. The van der Waals surface area contributed by atoms with Crippen molar-refractivity contribution >= 4 is 11.9 Å². The van der Waals surface area contributed by atoms with E-state index in [-0.39, 0.29) is 11.4 Å². The minimum Gasteiger partial charge on any atom is -0.477 e. The fourth-order valence-electron chi connectivity index (χ4n) is 1.25. The van der Waals surface area contributed by atoms with E-state index in [2.05, 4.69) is 10.1 Å². The highest BCUT2D eigenvalue weighted by Gasteiger charge is 2.07. The van der Waals surface area contributed by atoms with Gasteiger partial charge in [-0.15, -0.1) is 0 Å². The minimum atomic E-state index is -1.10. The molecule has 0 unspecified atom stereocenters. The Labute approximate surface area is 95.5 Å². The molecule has 17 heavy (non-hydrogen) atoms. The molecule has 0 atom stereocenters. The smallest absolute Gasteiger partial charge is 0.354 e. The van der Waals surface area contributed by atoms with Crippen molar-refractivity contribution in [2.45, 2.75) is 0 Å². The van der Waals surface area contributed by atoms with Gasteiger partial charge in [0, 0.05) is 6.20 Å². The predicted octanol–water partition coefficient (Wildman–Crippen LogP) is 0.0644. The van der Waals surface area contributed by atoms with Gasteiger partial charge in [-0.25, -0.2) is 14.5 Å². The maximum absolute atomic E-state index is 10.8. The van der Waals surface area contributed by atoms with Crippen LogP contribution < -0.4 is 5.73 Å². The van der Waals surface area contributed by atoms with Gasteiger partial charge in [0.25, 0.3) is 5.91 Å². The van der Waals surface area contributed by atoms with E-state index in [0.717, 1.165) is 0 Å². The largest absolute Gasteiger partial charge is 0.477 e. The number of hydrogen-bond acceptors (Lipinski definition) is 4. The van der Waals surface area contributed by atoms with Gasteiger partial charge in [-0.2, -0.15) is 5.10 Å². The number of aromatic carboxylic acids is 1. The van der Waals surface area contributed by atoms with E-state index in [9.17, 15) is 9.59 Å². The number of primary amides is 1. The molecule has 2 rings (SSSR count). The third-order valence-corrected chi connectivity index (χ3v) is 2.07. The van der Waals surface area contributed by atoms with E-state index in [1.165, 1.54) is 35.3 Å². The Morgan fingerprint density at radius 1 is 1.24 bits per heavy atom. The summed E-state index contributed by atoms with van der Waals surface area (Å²) < 4.78 is 1.39. The molecule has 0 bridgehead atoms. The Hall–Kier alpha value is -2.70. The van der Waals surface area contributed by atoms with Crippen LogP contribution in [0.15, 0.2) is 30.6 Å². The summed E-state index contributed by atoms with van der Waals surface area (Å²) in [6.07, 6.45) is 2.89. The SMILES string of the molecule is NC(=O)c1ccn(-c2ccc(C(=O)O)nc2)n1. The predicted molar refractivity (Wildman–Crippen MR) is 56.8 cm³/mol. The van der Waals surface area contributed by atoms with Crippen molar-refractivity contribution in [2.75, 3.05) is 0 Å². The third kappa shape index (κ3) is 2.12. The van der Waals surface area contributed by atoms with Crippen LogP contribution in [0.3, 0.4) is 0 Å². The maximum atomic E-state index is 10.8. The summed E-state index contributed by atoms with van der Waals surface area (Å²) in [6, 6.07) is 4.35. The normalized spacial score (nSPS) is 10.1. The van der Waals surface area contributed by atoms with Crippen LogP contribution >= 0.6 is 0 Å². The van der Waals surface area contributed by atoms with Gasteiger partial charge in [0.2, 0.25) is 0 Å². The van der Waals surface area contributed by atoms with Crippen molar-refractivity contribution in [3.05, 3.63) is 42.0 Å². The molecule has 1 amide bonds. The summed E-state index contributed by atoms with van der Waals surface area (Å²) in [7, 11) is 0. The zero-order chi connectivity index (χ0) is 12.4. The van der Waals surface area contributed by atoms with Crippen molar-refractivity contribution in [1.29, 1.82) is 0 Å². The summed E-state index contributed by atoms with van der Waals surface area (Å²) in [5, 5.41) is 12.6. The van der Waals surface area contributed by atoms with Gasteiger partial charge in [-0.1, -0.05) is 0 Å². The monoisotopic (exact) mass is 232 g/mol. The highest BCUT2D eigenvalue weighted by atomic mass is 16.4. The Kier molecular flexibility index (Phi) is 2.57. The van der Waals surface area contributed by atoms with Gasteiger partial charge in [-0.3, -0.25) is 4.79 Å². The lowest BCUT2D eigenvalue weighted by atomic mass is 10.3. The number of aromatic nitrogens is 3. The van der Waals surface area contributed by atoms with E-state index in [1.54, 1.807) is 0 Å². The van der Waals surface area contributed by atoms with Crippen LogP contribution in [0, 0.1) is 0 Å². The molecule has 3 N–H and O–H groups in total. The molecule has 7 heteroatoms. The lowest BCUT2D eigenvalue weighted by molar-refractivity contribution is 0.0690. The second-order valence-electron chi connectivity index (χ2n) is 3.22. The maximum Gasteiger partial charge on any atom is 0.354 e. The molecule has 0 aliphatic carbocycles. The van der Waals surface area contributed by atoms with Gasteiger partial charge in [0.1, 0.15) is 11.4 Å². The molecule has 0 saturated carbocycles. The molecule has 0 fully saturated rings. The van der Waals surface area contributed by atoms with Gasteiger partial charge in [0.15, 0.2) is 0 Å². The van der Waals surface area contributed by atoms with E-state index < -0.39 is 11.9 Å². The lowest BCUT2D eigenvalue weighted by Crippen LogP contribution is -2.12. The molecule has 0 aliphatic rings. The van der Waals surface area contributed by atoms with Gasteiger partial charge < -0.3 is 10.8 Å². The number of carboxylic acid groups (broad SMARTS) is 1. The van der Waals surface area contributed by atoms with Crippen LogP contribution in [0.4, 0.5) is 0 Å². The molecule has 0 aromatic carbocycles. The number of carbonyl (C=O) groups is 2. The average Bonchev–Trinajstić information content (AvgIpc) is 2.78. The van der Waals surface area contributed by atoms with Gasteiger partial charge in [-0.05, 0) is 18.2 Å². The molecule has 2 aromatic heterocycles. The Morgan fingerprint density at radius 3 is 2.47 bits per heavy atom. The number of nitrogens with two attached hydrogens (primary N) is 1. The zero-order valence-electron chi connectivity index (χ0n) is 8.57. The van der Waals surface area contributed by atoms with Crippen molar-refractivity contribution in [1.82, 2.24) is 14.8 Å². The number of rotatable bonds is 3. The molecule has 0 spiro atoms. The Balaban J connectivity index is 2.33. The Morgan fingerprint density at radius 2 is 2.00 bits per heavy atom. The van der Waals surface area contributed by atoms with E-state index in [4.69, 9.17) is 10.8 Å². The van der Waals surface area contributed by atoms with Crippen molar-refractivity contribution in [3.63, 3.8) is 0 Å². The van der Waals surface area contributed by atoms with Crippen molar-refractivity contribution in [3.8, 4) is 5.69 Å². The fourth-order valence-corrected chi connectivity index (χ4v) is 1.25. The summed E-state index contributed by atoms with van der Waals surface area (Å²) in [4.78, 5) is 25.2. The number of carbonyl (C=O) groups excluding carboxylic acids is 1.